The van der Waals surface area contributed by atoms with Gasteiger partial charge in [0.2, 0.25) is 0 Å². The predicted octanol–water partition coefficient (Wildman–Crippen LogP) is 3.71. The van der Waals surface area contributed by atoms with E-state index in [0.717, 1.165) is 5.56 Å². The molecule has 0 bridgehead atoms. The fraction of sp³-hybridized carbons (Fsp3) is 0.190. The zero-order valence-electron chi connectivity index (χ0n) is 15.8. The van der Waals surface area contributed by atoms with Crippen LogP contribution in [-0.2, 0) is 22.6 Å². The largest absolute Gasteiger partial charge is 0.451 e. The van der Waals surface area contributed by atoms with Gasteiger partial charge in [-0.25, -0.2) is 14.2 Å². The van der Waals surface area contributed by atoms with Gasteiger partial charge in [-0.15, -0.1) is 11.3 Å². The van der Waals surface area contributed by atoms with E-state index >= 15 is 0 Å². The van der Waals surface area contributed by atoms with Crippen LogP contribution in [0.4, 0.5) is 9.52 Å². The number of nitrogens with one attached hydrogen (secondary N) is 1. The van der Waals surface area contributed by atoms with Crippen molar-refractivity contribution in [2.24, 2.45) is 0 Å². The van der Waals surface area contributed by atoms with Gasteiger partial charge < -0.3 is 15.0 Å². The van der Waals surface area contributed by atoms with Gasteiger partial charge in [-0.2, -0.15) is 0 Å². The fourth-order valence-electron chi connectivity index (χ4n) is 2.53. The van der Waals surface area contributed by atoms with Crippen molar-refractivity contribution in [2.75, 3.05) is 19.0 Å². The number of amides is 1. The van der Waals surface area contributed by atoms with Gasteiger partial charge in [-0.1, -0.05) is 42.5 Å². The molecule has 6 nitrogen and oxygen atoms in total. The number of benzene rings is 2. The maximum atomic E-state index is 13.2. The number of anilines is 1. The number of halogens is 1. The van der Waals surface area contributed by atoms with Crippen LogP contribution in [0.1, 0.15) is 21.6 Å². The number of ether oxygens (including phenoxy) is 1. The molecule has 1 amide bonds. The lowest BCUT2D eigenvalue weighted by Crippen LogP contribution is -2.30. The number of carbonyl (C=O) groups excluding carboxylic acids is 2. The van der Waals surface area contributed by atoms with E-state index in [9.17, 15) is 14.0 Å². The topological polar surface area (TPSA) is 71.5 Å². The second-order valence-electron chi connectivity index (χ2n) is 6.33. The van der Waals surface area contributed by atoms with Crippen LogP contribution in [0.3, 0.4) is 0 Å². The maximum Gasteiger partial charge on any atom is 0.358 e. The summed E-state index contributed by atoms with van der Waals surface area (Å²) in [6.45, 7) is 0.402. The number of hydrogen-bond donors (Lipinski definition) is 1. The smallest absolute Gasteiger partial charge is 0.358 e. The average Bonchev–Trinajstić information content (AvgIpc) is 3.20. The zero-order valence-corrected chi connectivity index (χ0v) is 16.6. The number of thiazole rings is 1. The highest BCUT2D eigenvalue weighted by atomic mass is 32.1. The Morgan fingerprint density at radius 2 is 1.90 bits per heavy atom. The summed E-state index contributed by atoms with van der Waals surface area (Å²) < 4.78 is 18.3. The first-order valence-electron chi connectivity index (χ1n) is 8.90. The van der Waals surface area contributed by atoms with Crippen molar-refractivity contribution in [2.45, 2.75) is 13.1 Å². The molecule has 0 radical (unpaired) electrons. The van der Waals surface area contributed by atoms with E-state index in [1.807, 2.05) is 30.3 Å². The highest BCUT2D eigenvalue weighted by molar-refractivity contribution is 7.13. The summed E-state index contributed by atoms with van der Waals surface area (Å²) in [6, 6.07) is 15.8. The van der Waals surface area contributed by atoms with Gasteiger partial charge in [0.15, 0.2) is 17.4 Å². The second kappa shape index (κ2) is 9.79. The summed E-state index contributed by atoms with van der Waals surface area (Å²) in [4.78, 5) is 29.9. The summed E-state index contributed by atoms with van der Waals surface area (Å²) >= 11 is 1.29. The van der Waals surface area contributed by atoms with Crippen LogP contribution < -0.4 is 5.32 Å². The van der Waals surface area contributed by atoms with Crippen molar-refractivity contribution in [3.63, 3.8) is 0 Å². The van der Waals surface area contributed by atoms with Crippen molar-refractivity contribution in [1.82, 2.24) is 9.88 Å². The quantitative estimate of drug-likeness (QED) is 0.570. The first-order valence-corrected chi connectivity index (χ1v) is 9.78. The summed E-state index contributed by atoms with van der Waals surface area (Å²) in [7, 11) is 1.57. The third kappa shape index (κ3) is 6.11. The highest BCUT2D eigenvalue weighted by Crippen LogP contribution is 2.17. The Morgan fingerprint density at radius 1 is 1.14 bits per heavy atom. The summed E-state index contributed by atoms with van der Waals surface area (Å²) in [5, 5.41) is 5.32. The van der Waals surface area contributed by atoms with E-state index < -0.39 is 12.6 Å². The van der Waals surface area contributed by atoms with E-state index in [1.165, 1.54) is 28.4 Å². The third-order valence-electron chi connectivity index (χ3n) is 4.06. The minimum atomic E-state index is -0.665. The first-order chi connectivity index (χ1) is 14.0. The third-order valence-corrected chi connectivity index (χ3v) is 4.86. The number of hydrogen-bond acceptors (Lipinski definition) is 6. The molecule has 2 aromatic carbocycles. The number of esters is 1. The SMILES string of the molecule is CN(Cc1cccc(F)c1)C(=O)COC(=O)c1csc(NCc2ccccc2)n1. The molecule has 0 aliphatic heterocycles. The molecular weight excluding hydrogens is 393 g/mol. The number of rotatable bonds is 8. The molecule has 29 heavy (non-hydrogen) atoms. The van der Waals surface area contributed by atoms with Gasteiger partial charge in [0.1, 0.15) is 5.82 Å². The lowest BCUT2D eigenvalue weighted by Gasteiger charge is -2.17. The molecule has 0 saturated carbocycles. The Kier molecular flexibility index (Phi) is 6.91. The molecule has 0 unspecified atom stereocenters. The number of carbonyl (C=O) groups is 2. The molecule has 0 fully saturated rings. The fourth-order valence-corrected chi connectivity index (χ4v) is 3.21. The standard InChI is InChI=1S/C21H20FN3O3S/c1-25(12-16-8-5-9-17(22)10-16)19(26)13-28-20(27)18-14-29-21(24-18)23-11-15-6-3-2-4-7-15/h2-10,14H,11-13H2,1H3,(H,23,24). The summed E-state index contributed by atoms with van der Waals surface area (Å²) in [5.74, 6) is -1.42. The van der Waals surface area contributed by atoms with Crippen molar-refractivity contribution in [1.29, 1.82) is 0 Å². The van der Waals surface area contributed by atoms with E-state index in [0.29, 0.717) is 17.2 Å². The number of aromatic nitrogens is 1. The molecule has 3 aromatic rings. The van der Waals surface area contributed by atoms with Crippen LogP contribution >= 0.6 is 11.3 Å². The lowest BCUT2D eigenvalue weighted by molar-refractivity contribution is -0.133. The average molecular weight is 413 g/mol. The summed E-state index contributed by atoms with van der Waals surface area (Å²) in [6.07, 6.45) is 0. The molecule has 8 heteroatoms. The Hall–Kier alpha value is -3.26. The lowest BCUT2D eigenvalue weighted by atomic mass is 10.2. The van der Waals surface area contributed by atoms with Gasteiger partial charge in [0.05, 0.1) is 0 Å². The van der Waals surface area contributed by atoms with Crippen LogP contribution in [0.25, 0.3) is 0 Å². The highest BCUT2D eigenvalue weighted by Gasteiger charge is 2.16. The predicted molar refractivity (Wildman–Crippen MR) is 109 cm³/mol. The molecule has 1 N–H and O–H groups in total. The molecule has 0 atom stereocenters. The Bertz CT molecular complexity index is 978. The molecular formula is C21H20FN3O3S. The molecule has 0 aliphatic rings. The first kappa shape index (κ1) is 20.5. The van der Waals surface area contributed by atoms with Crippen LogP contribution in [0, 0.1) is 5.82 Å². The molecule has 0 aliphatic carbocycles. The number of nitrogens with zero attached hydrogens (tertiary/aromatic N) is 2. The molecule has 1 aromatic heterocycles. The van der Waals surface area contributed by atoms with Crippen molar-refractivity contribution in [3.05, 3.63) is 82.6 Å². The minimum absolute atomic E-state index is 0.145. The minimum Gasteiger partial charge on any atom is -0.451 e. The van der Waals surface area contributed by atoms with Gasteiger partial charge in [0.25, 0.3) is 5.91 Å². The molecule has 1 heterocycles. The zero-order chi connectivity index (χ0) is 20.6. The van der Waals surface area contributed by atoms with E-state index in [-0.39, 0.29) is 24.0 Å². The number of likely N-dealkylation sites (N-methyl/N-ethyl adjacent to an activating group) is 1. The van der Waals surface area contributed by atoms with Crippen LogP contribution in [0.2, 0.25) is 0 Å². The summed E-state index contributed by atoms with van der Waals surface area (Å²) in [5.41, 5.74) is 1.89. The normalized spacial score (nSPS) is 10.4. The van der Waals surface area contributed by atoms with Crippen molar-refractivity contribution < 1.29 is 18.7 Å². The van der Waals surface area contributed by atoms with E-state index in [4.69, 9.17) is 4.74 Å². The van der Waals surface area contributed by atoms with Crippen LogP contribution in [0.5, 0.6) is 0 Å². The Labute approximate surface area is 172 Å². The maximum absolute atomic E-state index is 13.2. The van der Waals surface area contributed by atoms with Crippen LogP contribution in [0.15, 0.2) is 60.0 Å². The molecule has 0 spiro atoms. The Balaban J connectivity index is 1.46. The van der Waals surface area contributed by atoms with Crippen molar-refractivity contribution >= 4 is 28.3 Å². The van der Waals surface area contributed by atoms with Gasteiger partial charge in [0, 0.05) is 25.5 Å². The monoisotopic (exact) mass is 413 g/mol. The molecule has 0 saturated heterocycles. The Morgan fingerprint density at radius 3 is 2.66 bits per heavy atom. The second-order valence-corrected chi connectivity index (χ2v) is 7.19. The van der Waals surface area contributed by atoms with E-state index in [2.05, 4.69) is 10.3 Å². The van der Waals surface area contributed by atoms with E-state index in [1.54, 1.807) is 24.6 Å². The van der Waals surface area contributed by atoms with Gasteiger partial charge in [-0.05, 0) is 23.3 Å². The molecule has 150 valence electrons. The van der Waals surface area contributed by atoms with Crippen molar-refractivity contribution in [3.8, 4) is 0 Å². The van der Waals surface area contributed by atoms with Gasteiger partial charge >= 0.3 is 5.97 Å². The van der Waals surface area contributed by atoms with Crippen LogP contribution in [-0.4, -0.2) is 35.4 Å². The molecule has 3 rings (SSSR count). The van der Waals surface area contributed by atoms with Gasteiger partial charge in [-0.3, -0.25) is 4.79 Å².